The van der Waals surface area contributed by atoms with Crippen LogP contribution in [0, 0.1) is 11.3 Å². The lowest BCUT2D eigenvalue weighted by Gasteiger charge is -2.46. The van der Waals surface area contributed by atoms with Crippen molar-refractivity contribution >= 4 is 35.0 Å². The Labute approximate surface area is 212 Å². The number of hydrogen-bond acceptors (Lipinski definition) is 2. The lowest BCUT2D eigenvalue weighted by Crippen LogP contribution is -2.42. The van der Waals surface area contributed by atoms with Crippen LogP contribution in [0.1, 0.15) is 79.3 Å². The van der Waals surface area contributed by atoms with Crippen molar-refractivity contribution in [3.8, 4) is 0 Å². The van der Waals surface area contributed by atoms with Crippen LogP contribution in [0.3, 0.4) is 0 Å². The molecule has 2 saturated heterocycles. The summed E-state index contributed by atoms with van der Waals surface area (Å²) in [6.07, 6.45) is 4.99. The van der Waals surface area contributed by atoms with Gasteiger partial charge in [-0.05, 0) is 86.3 Å². The molecule has 180 valence electrons. The molecule has 5 rings (SSSR count). The van der Waals surface area contributed by atoms with Crippen LogP contribution in [0.5, 0.6) is 0 Å². The number of carbonyl (C=O) groups excluding carboxylic acids is 2. The van der Waals surface area contributed by atoms with Gasteiger partial charge in [-0.15, -0.1) is 0 Å². The Morgan fingerprint density at radius 1 is 1.06 bits per heavy atom. The molecule has 1 saturated carbocycles. The first-order valence-electron chi connectivity index (χ1n) is 12.4. The predicted octanol–water partition coefficient (Wildman–Crippen LogP) is 6.42. The number of rotatable bonds is 3. The molecule has 1 aliphatic carbocycles. The summed E-state index contributed by atoms with van der Waals surface area (Å²) in [5, 5.41) is 4.55. The molecule has 5 atom stereocenters. The van der Waals surface area contributed by atoms with Crippen LogP contribution in [0.25, 0.3) is 0 Å². The molecule has 3 aliphatic rings. The topological polar surface area (TPSA) is 49.4 Å². The SMILES string of the molecule is C[C@H]1NC(=O)[C@]2(C)CC[C@@H](c3ccc(C(=O)N4CCCCC4)cc3Cl)[C@H](c3ccc(Cl)cc3)[C@H]12. The van der Waals surface area contributed by atoms with E-state index >= 15 is 0 Å². The van der Waals surface area contributed by atoms with E-state index in [-0.39, 0.29) is 35.6 Å². The van der Waals surface area contributed by atoms with E-state index in [1.54, 1.807) is 0 Å². The maximum Gasteiger partial charge on any atom is 0.253 e. The van der Waals surface area contributed by atoms with Crippen LogP contribution < -0.4 is 5.32 Å². The number of halogens is 2. The third kappa shape index (κ3) is 4.03. The van der Waals surface area contributed by atoms with Crippen LogP contribution in [-0.4, -0.2) is 35.8 Å². The van der Waals surface area contributed by atoms with Crippen molar-refractivity contribution in [3.05, 3.63) is 69.2 Å². The fraction of sp³-hybridized carbons (Fsp3) is 0.500. The molecule has 2 amide bonds. The molecular weight excluding hydrogens is 467 g/mol. The molecule has 34 heavy (non-hydrogen) atoms. The highest BCUT2D eigenvalue weighted by molar-refractivity contribution is 6.32. The third-order valence-electron chi connectivity index (χ3n) is 8.49. The Kier molecular flexibility index (Phi) is 6.41. The lowest BCUT2D eigenvalue weighted by atomic mass is 9.56. The lowest BCUT2D eigenvalue weighted by molar-refractivity contribution is -0.129. The molecule has 0 unspecified atom stereocenters. The second kappa shape index (κ2) is 9.20. The number of nitrogens with zero attached hydrogens (tertiary/aromatic N) is 1. The Hall–Kier alpha value is -2.04. The maximum atomic E-state index is 13.0. The summed E-state index contributed by atoms with van der Waals surface area (Å²) in [5.41, 5.74) is 2.49. The first-order chi connectivity index (χ1) is 16.3. The van der Waals surface area contributed by atoms with E-state index in [1.165, 1.54) is 12.0 Å². The molecule has 4 nitrogen and oxygen atoms in total. The summed E-state index contributed by atoms with van der Waals surface area (Å²) in [4.78, 5) is 27.9. The summed E-state index contributed by atoms with van der Waals surface area (Å²) >= 11 is 13.1. The van der Waals surface area contributed by atoms with E-state index in [0.29, 0.717) is 15.6 Å². The van der Waals surface area contributed by atoms with Gasteiger partial charge in [0.15, 0.2) is 0 Å². The minimum absolute atomic E-state index is 0.0674. The summed E-state index contributed by atoms with van der Waals surface area (Å²) < 4.78 is 0. The average Bonchev–Trinajstić information content (AvgIpc) is 3.07. The van der Waals surface area contributed by atoms with Crippen LogP contribution in [0.4, 0.5) is 0 Å². The highest BCUT2D eigenvalue weighted by atomic mass is 35.5. The minimum atomic E-state index is -0.406. The smallest absolute Gasteiger partial charge is 0.253 e. The van der Waals surface area contributed by atoms with E-state index in [1.807, 2.05) is 35.2 Å². The fourth-order valence-electron chi connectivity index (χ4n) is 6.75. The molecule has 2 aromatic rings. The standard InChI is InChI=1S/C28H32Cl2N2O2/c1-17-25-24(18-6-9-20(29)10-7-18)22(12-13-28(25,2)27(34)31-17)21-11-8-19(16-23(21)30)26(33)32-14-4-3-5-15-32/h6-11,16-17,22,24-25H,3-5,12-15H2,1-2H3,(H,31,34)/t17-,22+,24+,25+,28-/m1/s1. The van der Waals surface area contributed by atoms with Crippen molar-refractivity contribution in [2.45, 2.75) is 63.8 Å². The zero-order chi connectivity index (χ0) is 24.0. The molecule has 0 radical (unpaired) electrons. The molecular formula is C28H32Cl2N2O2. The Morgan fingerprint density at radius 2 is 1.76 bits per heavy atom. The molecule has 2 aliphatic heterocycles. The van der Waals surface area contributed by atoms with Crippen molar-refractivity contribution in [2.75, 3.05) is 13.1 Å². The van der Waals surface area contributed by atoms with Crippen LogP contribution in [0.15, 0.2) is 42.5 Å². The number of piperidine rings is 1. The number of likely N-dealkylation sites (tertiary alicyclic amines) is 1. The number of benzene rings is 2. The van der Waals surface area contributed by atoms with Crippen molar-refractivity contribution in [3.63, 3.8) is 0 Å². The number of fused-ring (bicyclic) bond motifs is 1. The molecule has 0 aromatic heterocycles. The highest BCUT2D eigenvalue weighted by Gasteiger charge is 2.57. The molecule has 2 aromatic carbocycles. The van der Waals surface area contributed by atoms with Gasteiger partial charge in [0, 0.05) is 40.7 Å². The van der Waals surface area contributed by atoms with Gasteiger partial charge in [-0.2, -0.15) is 0 Å². The zero-order valence-electron chi connectivity index (χ0n) is 19.8. The Bertz CT molecular complexity index is 1100. The first kappa shape index (κ1) is 23.7. The summed E-state index contributed by atoms with van der Waals surface area (Å²) in [5.74, 6) is 0.631. The van der Waals surface area contributed by atoms with Gasteiger partial charge >= 0.3 is 0 Å². The molecule has 1 N–H and O–H groups in total. The summed E-state index contributed by atoms with van der Waals surface area (Å²) in [6, 6.07) is 13.9. The van der Waals surface area contributed by atoms with E-state index in [0.717, 1.165) is 44.3 Å². The molecule has 6 heteroatoms. The first-order valence-corrected chi connectivity index (χ1v) is 13.2. The van der Waals surface area contributed by atoms with Crippen LogP contribution >= 0.6 is 23.2 Å². The normalized spacial score (nSPS) is 31.2. The summed E-state index contributed by atoms with van der Waals surface area (Å²) in [6.45, 7) is 5.86. The number of hydrogen-bond donors (Lipinski definition) is 1. The maximum absolute atomic E-state index is 13.0. The van der Waals surface area contributed by atoms with Gasteiger partial charge in [0.25, 0.3) is 5.91 Å². The van der Waals surface area contributed by atoms with Crippen molar-refractivity contribution in [1.82, 2.24) is 10.2 Å². The van der Waals surface area contributed by atoms with E-state index in [9.17, 15) is 9.59 Å². The van der Waals surface area contributed by atoms with Gasteiger partial charge in [-0.1, -0.05) is 48.3 Å². The fourth-order valence-corrected chi connectivity index (χ4v) is 7.20. The van der Waals surface area contributed by atoms with E-state index < -0.39 is 5.41 Å². The molecule has 0 spiro atoms. The molecule has 2 heterocycles. The largest absolute Gasteiger partial charge is 0.353 e. The minimum Gasteiger partial charge on any atom is -0.353 e. The van der Waals surface area contributed by atoms with Gasteiger partial charge in [-0.3, -0.25) is 9.59 Å². The Balaban J connectivity index is 1.52. The van der Waals surface area contributed by atoms with Gasteiger partial charge in [-0.25, -0.2) is 0 Å². The predicted molar refractivity (Wildman–Crippen MR) is 137 cm³/mol. The average molecular weight is 499 g/mol. The quantitative estimate of drug-likeness (QED) is 0.530. The molecule has 3 fully saturated rings. The van der Waals surface area contributed by atoms with Crippen molar-refractivity contribution < 1.29 is 9.59 Å². The van der Waals surface area contributed by atoms with Gasteiger partial charge in [0.2, 0.25) is 5.91 Å². The highest BCUT2D eigenvalue weighted by Crippen LogP contribution is 2.59. The van der Waals surface area contributed by atoms with E-state index in [2.05, 4.69) is 31.3 Å². The monoisotopic (exact) mass is 498 g/mol. The number of carbonyl (C=O) groups is 2. The van der Waals surface area contributed by atoms with Crippen LogP contribution in [-0.2, 0) is 4.79 Å². The third-order valence-corrected chi connectivity index (χ3v) is 9.07. The van der Waals surface area contributed by atoms with Crippen LogP contribution in [0.2, 0.25) is 10.0 Å². The zero-order valence-corrected chi connectivity index (χ0v) is 21.3. The Morgan fingerprint density at radius 3 is 2.44 bits per heavy atom. The van der Waals surface area contributed by atoms with Crippen molar-refractivity contribution in [1.29, 1.82) is 0 Å². The number of amides is 2. The number of nitrogens with one attached hydrogen (secondary N) is 1. The second-order valence-corrected chi connectivity index (χ2v) is 11.4. The van der Waals surface area contributed by atoms with Gasteiger partial charge < -0.3 is 10.2 Å². The summed E-state index contributed by atoms with van der Waals surface area (Å²) in [7, 11) is 0. The van der Waals surface area contributed by atoms with Gasteiger partial charge in [0.1, 0.15) is 0 Å². The molecule has 0 bridgehead atoms. The second-order valence-electron chi connectivity index (χ2n) is 10.5. The van der Waals surface area contributed by atoms with Gasteiger partial charge in [0.05, 0.1) is 5.41 Å². The van der Waals surface area contributed by atoms with E-state index in [4.69, 9.17) is 23.2 Å². The van der Waals surface area contributed by atoms with Crippen molar-refractivity contribution in [2.24, 2.45) is 11.3 Å².